The maximum atomic E-state index is 13.2. The molecule has 3 N–H and O–H groups in total. The molecule has 6 heteroatoms. The first-order valence-electron chi connectivity index (χ1n) is 8.55. The maximum absolute atomic E-state index is 13.2. The largest absolute Gasteiger partial charge is 0.341 e. The lowest BCUT2D eigenvalue weighted by Gasteiger charge is -2.24. The Bertz CT molecular complexity index is 811. The van der Waals surface area contributed by atoms with Crippen LogP contribution < -0.4 is 10.9 Å². The number of fused-ring (bicyclic) bond motifs is 1. The summed E-state index contributed by atoms with van der Waals surface area (Å²) >= 11 is 0. The van der Waals surface area contributed by atoms with E-state index in [1.54, 1.807) is 0 Å². The van der Waals surface area contributed by atoms with Gasteiger partial charge in [-0.2, -0.15) is 0 Å². The zero-order chi connectivity index (χ0) is 17.2. The van der Waals surface area contributed by atoms with Gasteiger partial charge in [0.25, 0.3) is 0 Å². The minimum Gasteiger partial charge on any atom is -0.341 e. The standard InChI is InChI=1S/C19H22FN5/c1-25(12-18-22-16-4-2-3-5-17(16)23-18)11-14-10-21-24-19(14)13-6-8-15(20)9-7-13/h2-9,14,19,21,24H,10-12H2,1H3,(H,22,23). The first kappa shape index (κ1) is 16.2. The molecule has 1 aliphatic heterocycles. The van der Waals surface area contributed by atoms with E-state index in [-0.39, 0.29) is 11.9 Å². The second kappa shape index (κ2) is 6.92. The number of rotatable bonds is 5. The van der Waals surface area contributed by atoms with Gasteiger partial charge >= 0.3 is 0 Å². The van der Waals surface area contributed by atoms with Crippen LogP contribution in [0.25, 0.3) is 11.0 Å². The van der Waals surface area contributed by atoms with Crippen molar-refractivity contribution in [3.05, 3.63) is 65.7 Å². The van der Waals surface area contributed by atoms with Gasteiger partial charge in [0, 0.05) is 19.0 Å². The zero-order valence-electron chi connectivity index (χ0n) is 14.2. The maximum Gasteiger partial charge on any atom is 0.123 e. The van der Waals surface area contributed by atoms with Crippen molar-refractivity contribution in [3.8, 4) is 0 Å². The Hall–Kier alpha value is -2.28. The van der Waals surface area contributed by atoms with E-state index in [0.29, 0.717) is 5.92 Å². The van der Waals surface area contributed by atoms with Crippen LogP contribution in [0.1, 0.15) is 17.4 Å². The molecule has 2 heterocycles. The van der Waals surface area contributed by atoms with Gasteiger partial charge < -0.3 is 4.98 Å². The third-order valence-electron chi connectivity index (χ3n) is 4.73. The van der Waals surface area contributed by atoms with E-state index < -0.39 is 0 Å². The normalized spacial score (nSPS) is 20.6. The van der Waals surface area contributed by atoms with Crippen molar-refractivity contribution in [1.29, 1.82) is 0 Å². The molecule has 1 saturated heterocycles. The molecule has 130 valence electrons. The second-order valence-corrected chi connectivity index (χ2v) is 6.71. The third kappa shape index (κ3) is 3.56. The summed E-state index contributed by atoms with van der Waals surface area (Å²) in [5, 5.41) is 0. The highest BCUT2D eigenvalue weighted by Gasteiger charge is 2.29. The van der Waals surface area contributed by atoms with Crippen LogP contribution in [0.3, 0.4) is 0 Å². The molecule has 25 heavy (non-hydrogen) atoms. The van der Waals surface area contributed by atoms with Crippen LogP contribution in [-0.2, 0) is 6.54 Å². The van der Waals surface area contributed by atoms with Gasteiger partial charge in [0.2, 0.25) is 0 Å². The molecule has 1 fully saturated rings. The van der Waals surface area contributed by atoms with E-state index in [1.807, 2.05) is 36.4 Å². The first-order valence-corrected chi connectivity index (χ1v) is 8.55. The van der Waals surface area contributed by atoms with Gasteiger partial charge in [-0.3, -0.25) is 10.3 Å². The number of H-pyrrole nitrogens is 1. The molecule has 3 aromatic rings. The highest BCUT2D eigenvalue weighted by molar-refractivity contribution is 5.74. The van der Waals surface area contributed by atoms with Gasteiger partial charge in [-0.05, 0) is 36.9 Å². The van der Waals surface area contributed by atoms with Crippen LogP contribution >= 0.6 is 0 Å². The lowest BCUT2D eigenvalue weighted by atomic mass is 9.94. The van der Waals surface area contributed by atoms with Crippen molar-refractivity contribution in [2.24, 2.45) is 5.92 Å². The van der Waals surface area contributed by atoms with Crippen LogP contribution in [0.2, 0.25) is 0 Å². The molecule has 5 nitrogen and oxygen atoms in total. The number of para-hydroxylation sites is 2. The van der Waals surface area contributed by atoms with Crippen molar-refractivity contribution in [2.75, 3.05) is 20.1 Å². The summed E-state index contributed by atoms with van der Waals surface area (Å²) in [5.74, 6) is 1.18. The van der Waals surface area contributed by atoms with E-state index in [4.69, 9.17) is 0 Å². The van der Waals surface area contributed by atoms with Crippen LogP contribution in [0.15, 0.2) is 48.5 Å². The summed E-state index contributed by atoms with van der Waals surface area (Å²) in [7, 11) is 2.10. The molecule has 2 unspecified atom stereocenters. The van der Waals surface area contributed by atoms with Gasteiger partial charge in [-0.25, -0.2) is 14.8 Å². The predicted molar refractivity (Wildman–Crippen MR) is 96.2 cm³/mol. The number of aromatic amines is 1. The summed E-state index contributed by atoms with van der Waals surface area (Å²) in [6, 6.07) is 15.0. The quantitative estimate of drug-likeness (QED) is 0.669. The molecule has 1 aliphatic rings. The number of hydrogen-bond donors (Lipinski definition) is 3. The molecule has 0 amide bonds. The number of nitrogens with zero attached hydrogens (tertiary/aromatic N) is 2. The Balaban J connectivity index is 1.42. The van der Waals surface area contributed by atoms with E-state index in [1.165, 1.54) is 12.1 Å². The predicted octanol–water partition coefficient (Wildman–Crippen LogP) is 2.60. The molecule has 0 spiro atoms. The lowest BCUT2D eigenvalue weighted by Crippen LogP contribution is -2.30. The summed E-state index contributed by atoms with van der Waals surface area (Å²) in [4.78, 5) is 10.3. The fourth-order valence-electron chi connectivity index (χ4n) is 3.53. The third-order valence-corrected chi connectivity index (χ3v) is 4.73. The first-order chi connectivity index (χ1) is 12.2. The van der Waals surface area contributed by atoms with Crippen LogP contribution in [-0.4, -0.2) is 35.0 Å². The zero-order valence-corrected chi connectivity index (χ0v) is 14.2. The molecule has 0 radical (unpaired) electrons. The van der Waals surface area contributed by atoms with Crippen molar-refractivity contribution < 1.29 is 4.39 Å². The van der Waals surface area contributed by atoms with E-state index >= 15 is 0 Å². The molecule has 0 saturated carbocycles. The Labute approximate surface area is 146 Å². The summed E-state index contributed by atoms with van der Waals surface area (Å²) in [6.45, 7) is 2.56. The van der Waals surface area contributed by atoms with E-state index in [0.717, 1.165) is 42.1 Å². The molecule has 1 aromatic heterocycles. The van der Waals surface area contributed by atoms with Crippen molar-refractivity contribution >= 4 is 11.0 Å². The number of benzene rings is 2. The molecule has 0 bridgehead atoms. The van der Waals surface area contributed by atoms with Crippen LogP contribution in [0.5, 0.6) is 0 Å². The Morgan fingerprint density at radius 3 is 2.76 bits per heavy atom. The van der Waals surface area contributed by atoms with E-state index in [2.05, 4.69) is 32.8 Å². The topological polar surface area (TPSA) is 56.0 Å². The highest BCUT2D eigenvalue weighted by atomic mass is 19.1. The highest BCUT2D eigenvalue weighted by Crippen LogP contribution is 2.26. The average molecular weight is 339 g/mol. The second-order valence-electron chi connectivity index (χ2n) is 6.71. The molecular weight excluding hydrogens is 317 g/mol. The molecule has 4 rings (SSSR count). The van der Waals surface area contributed by atoms with Crippen molar-refractivity contribution in [1.82, 2.24) is 25.7 Å². The van der Waals surface area contributed by atoms with Gasteiger partial charge in [0.15, 0.2) is 0 Å². The van der Waals surface area contributed by atoms with Crippen molar-refractivity contribution in [2.45, 2.75) is 12.6 Å². The van der Waals surface area contributed by atoms with Gasteiger partial charge in [-0.1, -0.05) is 24.3 Å². The monoisotopic (exact) mass is 339 g/mol. The average Bonchev–Trinajstić information content (AvgIpc) is 3.21. The number of imidazole rings is 1. The summed E-state index contributed by atoms with van der Waals surface area (Å²) in [5.41, 5.74) is 9.72. The minimum absolute atomic E-state index is 0.179. The molecule has 2 atom stereocenters. The SMILES string of the molecule is CN(Cc1nc2ccccc2[nH]1)CC1CNNC1c1ccc(F)cc1. The molecule has 2 aromatic carbocycles. The van der Waals surface area contributed by atoms with Crippen LogP contribution in [0, 0.1) is 11.7 Å². The Kier molecular flexibility index (Phi) is 4.48. The Morgan fingerprint density at radius 2 is 1.96 bits per heavy atom. The summed E-state index contributed by atoms with van der Waals surface area (Å²) in [6.07, 6.45) is 0. The number of hydrogen-bond acceptors (Lipinski definition) is 4. The van der Waals surface area contributed by atoms with E-state index in [9.17, 15) is 4.39 Å². The fraction of sp³-hybridized carbons (Fsp3) is 0.316. The fourth-order valence-corrected chi connectivity index (χ4v) is 3.53. The number of aromatic nitrogens is 2. The van der Waals surface area contributed by atoms with Crippen molar-refractivity contribution in [3.63, 3.8) is 0 Å². The number of nitrogens with one attached hydrogen (secondary N) is 3. The Morgan fingerprint density at radius 1 is 1.16 bits per heavy atom. The summed E-state index contributed by atoms with van der Waals surface area (Å²) < 4.78 is 13.2. The van der Waals surface area contributed by atoms with Gasteiger partial charge in [0.1, 0.15) is 11.6 Å². The number of halogens is 1. The van der Waals surface area contributed by atoms with Gasteiger partial charge in [0.05, 0.1) is 23.6 Å². The molecular formula is C19H22FN5. The van der Waals surface area contributed by atoms with Gasteiger partial charge in [-0.15, -0.1) is 0 Å². The minimum atomic E-state index is -0.201. The lowest BCUT2D eigenvalue weighted by molar-refractivity contribution is 0.258. The smallest absolute Gasteiger partial charge is 0.123 e. The molecule has 0 aliphatic carbocycles. The number of hydrazine groups is 1. The van der Waals surface area contributed by atoms with Crippen LogP contribution in [0.4, 0.5) is 4.39 Å².